The molecule has 0 heterocycles. The summed E-state index contributed by atoms with van der Waals surface area (Å²) in [5, 5.41) is 9.48. The summed E-state index contributed by atoms with van der Waals surface area (Å²) < 4.78 is 0. The highest BCUT2D eigenvalue weighted by molar-refractivity contribution is 5.48. The van der Waals surface area contributed by atoms with Crippen LogP contribution in [0, 0.1) is 5.41 Å². The summed E-state index contributed by atoms with van der Waals surface area (Å²) in [6.45, 7) is 10.8. The summed E-state index contributed by atoms with van der Waals surface area (Å²) in [7, 11) is 2.12. The van der Waals surface area contributed by atoms with Gasteiger partial charge in [0.2, 0.25) is 0 Å². The van der Waals surface area contributed by atoms with Gasteiger partial charge in [-0.05, 0) is 37.0 Å². The van der Waals surface area contributed by atoms with Gasteiger partial charge in [0.05, 0.1) is 6.10 Å². The largest absolute Gasteiger partial charge is 0.389 e. The Labute approximate surface area is 105 Å². The van der Waals surface area contributed by atoms with Crippen molar-refractivity contribution in [2.45, 2.75) is 46.8 Å². The summed E-state index contributed by atoms with van der Waals surface area (Å²) in [6.07, 6.45) is -0.394. The lowest BCUT2D eigenvalue weighted by atomic mass is 9.87. The van der Waals surface area contributed by atoms with E-state index in [9.17, 15) is 5.11 Å². The Morgan fingerprint density at radius 1 is 1.06 bits per heavy atom. The fourth-order valence-electron chi connectivity index (χ4n) is 1.79. The molecule has 0 aromatic heterocycles. The Hall–Kier alpha value is -1.02. The fourth-order valence-corrected chi connectivity index (χ4v) is 1.79. The second-order valence-corrected chi connectivity index (χ2v) is 5.92. The van der Waals surface area contributed by atoms with Crippen molar-refractivity contribution in [3.63, 3.8) is 0 Å². The molecule has 96 valence electrons. The number of aliphatic hydroxyl groups excluding tert-OH is 1. The van der Waals surface area contributed by atoms with Gasteiger partial charge in [0.1, 0.15) is 0 Å². The van der Waals surface area contributed by atoms with Crippen LogP contribution in [0.4, 0.5) is 5.69 Å². The van der Waals surface area contributed by atoms with Crippen LogP contribution in [-0.2, 0) is 0 Å². The van der Waals surface area contributed by atoms with Crippen molar-refractivity contribution in [3.8, 4) is 0 Å². The van der Waals surface area contributed by atoms with Crippen LogP contribution in [0.25, 0.3) is 0 Å². The van der Waals surface area contributed by atoms with Gasteiger partial charge >= 0.3 is 0 Å². The molecule has 1 aromatic carbocycles. The number of aliphatic hydroxyl groups is 1. The molecule has 2 unspecified atom stereocenters. The number of hydrogen-bond donors (Lipinski definition) is 1. The zero-order valence-electron chi connectivity index (χ0n) is 11.9. The number of benzene rings is 1. The highest BCUT2D eigenvalue weighted by Crippen LogP contribution is 2.27. The lowest BCUT2D eigenvalue weighted by Crippen LogP contribution is -2.39. The molecule has 1 rings (SSSR count). The summed E-state index contributed by atoms with van der Waals surface area (Å²) in [5.74, 6) is 0. The first-order valence-corrected chi connectivity index (χ1v) is 6.24. The predicted octanol–water partition coefficient (Wildman–Crippen LogP) is 3.61. The molecule has 2 atom stereocenters. The van der Waals surface area contributed by atoms with Gasteiger partial charge in [-0.15, -0.1) is 0 Å². The molecule has 0 fully saturated rings. The number of hydrogen-bond acceptors (Lipinski definition) is 2. The minimum Gasteiger partial charge on any atom is -0.389 e. The van der Waals surface area contributed by atoms with Crippen LogP contribution in [0.15, 0.2) is 24.3 Å². The zero-order chi connectivity index (χ0) is 13.2. The molecule has 2 nitrogen and oxygen atoms in total. The Balaban J connectivity index is 2.87. The first kappa shape index (κ1) is 14.0. The number of rotatable bonds is 3. The monoisotopic (exact) mass is 235 g/mol. The lowest BCUT2D eigenvalue weighted by Gasteiger charge is -2.37. The van der Waals surface area contributed by atoms with Crippen LogP contribution in [0.3, 0.4) is 0 Å². The minimum absolute atomic E-state index is 0.248. The van der Waals surface area contributed by atoms with Gasteiger partial charge in [-0.1, -0.05) is 32.9 Å². The summed E-state index contributed by atoms with van der Waals surface area (Å²) >= 11 is 0. The maximum Gasteiger partial charge on any atom is 0.0761 e. The van der Waals surface area contributed by atoms with Gasteiger partial charge in [0.15, 0.2) is 0 Å². The van der Waals surface area contributed by atoms with Crippen LogP contribution in [0.1, 0.15) is 46.3 Å². The molecule has 0 spiro atoms. The van der Waals surface area contributed by atoms with Gasteiger partial charge < -0.3 is 10.0 Å². The van der Waals surface area contributed by atoms with Crippen LogP contribution in [-0.4, -0.2) is 18.2 Å². The van der Waals surface area contributed by atoms with E-state index in [1.54, 1.807) is 6.92 Å². The SMILES string of the molecule is CC(O)c1ccc(N(C)C(C)C(C)(C)C)cc1. The zero-order valence-corrected chi connectivity index (χ0v) is 11.9. The average Bonchev–Trinajstić information content (AvgIpc) is 2.26. The van der Waals surface area contributed by atoms with Crippen molar-refractivity contribution in [2.24, 2.45) is 5.41 Å². The summed E-state index contributed by atoms with van der Waals surface area (Å²) in [4.78, 5) is 2.28. The average molecular weight is 235 g/mol. The first-order chi connectivity index (χ1) is 7.73. The molecule has 0 amide bonds. The van der Waals surface area contributed by atoms with Crippen LogP contribution in [0.2, 0.25) is 0 Å². The van der Waals surface area contributed by atoms with E-state index in [0.717, 1.165) is 5.56 Å². The molecule has 0 aliphatic carbocycles. The third-order valence-corrected chi connectivity index (χ3v) is 3.62. The molecule has 17 heavy (non-hydrogen) atoms. The number of anilines is 1. The highest BCUT2D eigenvalue weighted by atomic mass is 16.3. The molecule has 0 aliphatic rings. The van der Waals surface area contributed by atoms with Gasteiger partial charge in [-0.25, -0.2) is 0 Å². The van der Waals surface area contributed by atoms with Crippen LogP contribution in [0.5, 0.6) is 0 Å². The minimum atomic E-state index is -0.394. The molecule has 0 bridgehead atoms. The van der Waals surface area contributed by atoms with Crippen molar-refractivity contribution in [1.82, 2.24) is 0 Å². The maximum atomic E-state index is 9.48. The lowest BCUT2D eigenvalue weighted by molar-refractivity contribution is 0.199. The summed E-state index contributed by atoms with van der Waals surface area (Å²) in [5.41, 5.74) is 2.40. The fraction of sp³-hybridized carbons (Fsp3) is 0.600. The van der Waals surface area contributed by atoms with Crippen LogP contribution >= 0.6 is 0 Å². The first-order valence-electron chi connectivity index (χ1n) is 6.24. The van der Waals surface area contributed by atoms with E-state index in [-0.39, 0.29) is 5.41 Å². The van der Waals surface area contributed by atoms with Crippen LogP contribution < -0.4 is 4.90 Å². The van der Waals surface area contributed by atoms with E-state index in [1.807, 2.05) is 12.1 Å². The summed E-state index contributed by atoms with van der Waals surface area (Å²) in [6, 6.07) is 8.59. The van der Waals surface area contributed by atoms with E-state index in [0.29, 0.717) is 6.04 Å². The molecule has 1 aromatic rings. The van der Waals surface area contributed by atoms with Crippen molar-refractivity contribution in [3.05, 3.63) is 29.8 Å². The topological polar surface area (TPSA) is 23.5 Å². The normalized spacial score (nSPS) is 15.5. The quantitative estimate of drug-likeness (QED) is 0.865. The van der Waals surface area contributed by atoms with Crippen molar-refractivity contribution < 1.29 is 5.11 Å². The van der Waals surface area contributed by atoms with E-state index < -0.39 is 6.10 Å². The molecule has 0 radical (unpaired) electrons. The Kier molecular flexibility index (Phi) is 4.21. The van der Waals surface area contributed by atoms with Gasteiger partial charge in [-0.2, -0.15) is 0 Å². The molecule has 1 N–H and O–H groups in total. The van der Waals surface area contributed by atoms with E-state index in [1.165, 1.54) is 5.69 Å². The van der Waals surface area contributed by atoms with Gasteiger partial charge in [0.25, 0.3) is 0 Å². The Morgan fingerprint density at radius 3 is 1.88 bits per heavy atom. The third-order valence-electron chi connectivity index (χ3n) is 3.62. The molecule has 0 aliphatic heterocycles. The predicted molar refractivity (Wildman–Crippen MR) is 74.4 cm³/mol. The standard InChI is InChI=1S/C15H25NO/c1-11(17)13-7-9-14(10-8-13)16(6)12(2)15(3,4)5/h7-12,17H,1-6H3. The molecular formula is C15H25NO. The number of nitrogens with zero attached hydrogens (tertiary/aromatic N) is 1. The Bertz CT molecular complexity index is 348. The van der Waals surface area contributed by atoms with Crippen molar-refractivity contribution in [1.29, 1.82) is 0 Å². The van der Waals surface area contributed by atoms with Gasteiger partial charge in [-0.3, -0.25) is 0 Å². The second-order valence-electron chi connectivity index (χ2n) is 5.92. The molecular weight excluding hydrogens is 210 g/mol. The Morgan fingerprint density at radius 2 is 1.53 bits per heavy atom. The van der Waals surface area contributed by atoms with Gasteiger partial charge in [0, 0.05) is 18.8 Å². The highest BCUT2D eigenvalue weighted by Gasteiger charge is 2.24. The smallest absolute Gasteiger partial charge is 0.0761 e. The van der Waals surface area contributed by atoms with Crippen molar-refractivity contribution in [2.75, 3.05) is 11.9 Å². The third kappa shape index (κ3) is 3.47. The molecule has 2 heteroatoms. The van der Waals surface area contributed by atoms with E-state index in [2.05, 4.69) is 51.8 Å². The van der Waals surface area contributed by atoms with Crippen molar-refractivity contribution >= 4 is 5.69 Å². The maximum absolute atomic E-state index is 9.48. The second kappa shape index (κ2) is 5.09. The molecule has 0 saturated heterocycles. The molecule has 0 saturated carbocycles. The van der Waals surface area contributed by atoms with E-state index >= 15 is 0 Å². The van der Waals surface area contributed by atoms with E-state index in [4.69, 9.17) is 0 Å².